The fourth-order valence-electron chi connectivity index (χ4n) is 2.98. The molecule has 150 valence electrons. The van der Waals surface area contributed by atoms with E-state index in [1.54, 1.807) is 31.2 Å². The van der Waals surface area contributed by atoms with Crippen LogP contribution in [-0.2, 0) is 9.59 Å². The van der Waals surface area contributed by atoms with Crippen LogP contribution in [-0.4, -0.2) is 54.0 Å². The Bertz CT molecular complexity index is 1050. The predicted molar refractivity (Wildman–Crippen MR) is 107 cm³/mol. The van der Waals surface area contributed by atoms with Crippen molar-refractivity contribution in [2.24, 2.45) is 0 Å². The summed E-state index contributed by atoms with van der Waals surface area (Å²) < 4.78 is 5.56. The molecule has 1 aromatic carbocycles. The van der Waals surface area contributed by atoms with E-state index < -0.39 is 12.0 Å². The Morgan fingerprint density at radius 3 is 2.79 bits per heavy atom. The van der Waals surface area contributed by atoms with Crippen LogP contribution < -0.4 is 10.1 Å². The number of carboxylic acids is 1. The normalized spacial score (nSPS) is 20.8. The van der Waals surface area contributed by atoms with Gasteiger partial charge in [0.15, 0.2) is 0 Å². The first-order valence-corrected chi connectivity index (χ1v) is 10.1. The van der Waals surface area contributed by atoms with Crippen LogP contribution in [0.4, 0.5) is 5.95 Å². The summed E-state index contributed by atoms with van der Waals surface area (Å²) in [7, 11) is 0. The van der Waals surface area contributed by atoms with Gasteiger partial charge in [0.05, 0.1) is 5.02 Å². The number of anilines is 1. The molecule has 4 rings (SSSR count). The number of benzene rings is 1. The average molecular weight is 454 g/mol. The van der Waals surface area contributed by atoms with E-state index in [1.807, 2.05) is 0 Å². The number of ether oxygens (including phenoxy) is 1. The first-order chi connectivity index (χ1) is 13.8. The van der Waals surface area contributed by atoms with Gasteiger partial charge >= 0.3 is 12.0 Å². The number of carbonyl (C=O) groups excluding carboxylic acids is 1. The molecule has 2 aliphatic rings. The van der Waals surface area contributed by atoms with Crippen molar-refractivity contribution in [3.8, 4) is 11.8 Å². The number of carboxylic acid groups (broad SMARTS) is 1. The van der Waals surface area contributed by atoms with E-state index in [-0.39, 0.29) is 34.2 Å². The van der Waals surface area contributed by atoms with Crippen molar-refractivity contribution < 1.29 is 19.4 Å². The van der Waals surface area contributed by atoms with Gasteiger partial charge in [-0.15, -0.1) is 11.8 Å². The molecule has 2 atom stereocenters. The number of amides is 1. The second-order valence-electron chi connectivity index (χ2n) is 6.21. The van der Waals surface area contributed by atoms with Crippen LogP contribution in [0.2, 0.25) is 10.3 Å². The Kier molecular flexibility index (Phi) is 5.24. The van der Waals surface area contributed by atoms with Gasteiger partial charge in [-0.2, -0.15) is 15.0 Å². The maximum Gasteiger partial charge on any atom is 0.352 e. The van der Waals surface area contributed by atoms with Gasteiger partial charge in [0.25, 0.3) is 5.91 Å². The summed E-state index contributed by atoms with van der Waals surface area (Å²) in [6.07, 6.45) is 0. The van der Waals surface area contributed by atoms with Gasteiger partial charge in [-0.25, -0.2) is 4.79 Å². The molecule has 1 saturated heterocycles. The van der Waals surface area contributed by atoms with Gasteiger partial charge in [0.2, 0.25) is 11.2 Å². The van der Waals surface area contributed by atoms with Crippen LogP contribution in [0, 0.1) is 0 Å². The van der Waals surface area contributed by atoms with Gasteiger partial charge in [-0.3, -0.25) is 9.69 Å². The van der Waals surface area contributed by atoms with Gasteiger partial charge in [-0.1, -0.05) is 23.7 Å². The lowest BCUT2D eigenvalue weighted by atomic mass is 10.0. The maximum atomic E-state index is 12.6. The Labute approximate surface area is 179 Å². The van der Waals surface area contributed by atoms with E-state index in [9.17, 15) is 14.7 Å². The Morgan fingerprint density at radius 2 is 2.07 bits per heavy atom. The number of nitrogens with one attached hydrogen (secondary N) is 1. The minimum Gasteiger partial charge on any atom is -0.477 e. The highest BCUT2D eigenvalue weighted by molar-refractivity contribution is 8.00. The molecule has 0 aliphatic carbocycles. The van der Waals surface area contributed by atoms with E-state index in [1.165, 1.54) is 16.7 Å². The van der Waals surface area contributed by atoms with E-state index in [0.717, 1.165) is 0 Å². The molecule has 2 aromatic rings. The van der Waals surface area contributed by atoms with Gasteiger partial charge < -0.3 is 15.2 Å². The summed E-state index contributed by atoms with van der Waals surface area (Å²) in [5.74, 6) is -0.633. The number of rotatable bonds is 5. The van der Waals surface area contributed by atoms with Crippen molar-refractivity contribution in [2.45, 2.75) is 18.3 Å². The quantitative estimate of drug-likeness (QED) is 0.658. The molecule has 12 heteroatoms. The zero-order valence-corrected chi connectivity index (χ0v) is 17.1. The van der Waals surface area contributed by atoms with Crippen molar-refractivity contribution in [2.75, 3.05) is 11.1 Å². The highest BCUT2D eigenvalue weighted by Crippen LogP contribution is 2.41. The zero-order chi connectivity index (χ0) is 20.7. The molecular formula is C17H13Cl2N5O4S. The molecular weight excluding hydrogens is 441 g/mol. The second kappa shape index (κ2) is 7.69. The molecule has 1 amide bonds. The SMILES string of the molecule is CC1=C(C(=O)O)N2C(=O)[C@@H](Nc3nc(Cl)nc(Oc4ccccc4Cl)n3)[C@H]2SC1. The van der Waals surface area contributed by atoms with Crippen LogP contribution in [0.15, 0.2) is 35.5 Å². The third-order valence-corrected chi connectivity index (χ3v) is 6.18. The van der Waals surface area contributed by atoms with Crippen molar-refractivity contribution in [3.05, 3.63) is 45.8 Å². The van der Waals surface area contributed by atoms with E-state index >= 15 is 0 Å². The monoisotopic (exact) mass is 453 g/mol. The number of fused-ring (bicyclic) bond motifs is 1. The number of thioether (sulfide) groups is 1. The molecule has 3 heterocycles. The Hall–Kier alpha value is -2.56. The van der Waals surface area contributed by atoms with Gasteiger partial charge in [-0.05, 0) is 36.2 Å². The number of para-hydroxylation sites is 1. The summed E-state index contributed by atoms with van der Waals surface area (Å²) in [5, 5.41) is 12.1. The third-order valence-electron chi connectivity index (χ3n) is 4.27. The molecule has 29 heavy (non-hydrogen) atoms. The third kappa shape index (κ3) is 3.70. The number of aliphatic carboxylic acids is 1. The summed E-state index contributed by atoms with van der Waals surface area (Å²) in [6.45, 7) is 1.70. The van der Waals surface area contributed by atoms with Crippen molar-refractivity contribution in [3.63, 3.8) is 0 Å². The molecule has 9 nitrogen and oxygen atoms in total. The topological polar surface area (TPSA) is 118 Å². The lowest BCUT2D eigenvalue weighted by Gasteiger charge is -2.49. The molecule has 0 radical (unpaired) electrons. The Morgan fingerprint density at radius 1 is 1.31 bits per heavy atom. The number of nitrogens with zero attached hydrogens (tertiary/aromatic N) is 4. The molecule has 0 unspecified atom stereocenters. The largest absolute Gasteiger partial charge is 0.477 e. The molecule has 0 bridgehead atoms. The molecule has 2 aliphatic heterocycles. The summed E-state index contributed by atoms with van der Waals surface area (Å²) in [4.78, 5) is 37.3. The zero-order valence-electron chi connectivity index (χ0n) is 14.8. The number of carbonyl (C=O) groups is 2. The van der Waals surface area contributed by atoms with E-state index in [2.05, 4.69) is 20.3 Å². The number of hydrogen-bond donors (Lipinski definition) is 2. The van der Waals surface area contributed by atoms with Crippen molar-refractivity contribution in [1.82, 2.24) is 19.9 Å². The fraction of sp³-hybridized carbons (Fsp3) is 0.235. The molecule has 2 N–H and O–H groups in total. The van der Waals surface area contributed by atoms with Crippen LogP contribution in [0.25, 0.3) is 0 Å². The molecule has 1 fully saturated rings. The average Bonchev–Trinajstić information content (AvgIpc) is 2.67. The lowest BCUT2D eigenvalue weighted by molar-refractivity contribution is -0.147. The fourth-order valence-corrected chi connectivity index (χ4v) is 4.60. The molecule has 0 spiro atoms. The smallest absolute Gasteiger partial charge is 0.352 e. The first-order valence-electron chi connectivity index (χ1n) is 8.33. The second-order valence-corrected chi connectivity index (χ2v) is 8.06. The van der Waals surface area contributed by atoms with Crippen LogP contribution in [0.1, 0.15) is 6.92 Å². The standard InChI is InChI=1S/C17H13Cl2N5O4S/c1-7-6-29-13-10(12(25)24(13)11(7)14(26)27)20-16-21-15(19)22-17(23-16)28-9-5-3-2-4-8(9)18/h2-5,10,13H,6H2,1H3,(H,26,27)(H,20,21,22,23)/t10-,13-/m1/s1. The van der Waals surface area contributed by atoms with Crippen LogP contribution in [0.5, 0.6) is 11.8 Å². The summed E-state index contributed by atoms with van der Waals surface area (Å²) >= 11 is 13.5. The highest BCUT2D eigenvalue weighted by atomic mass is 35.5. The van der Waals surface area contributed by atoms with Crippen molar-refractivity contribution in [1.29, 1.82) is 0 Å². The maximum absolute atomic E-state index is 12.6. The number of hydrogen-bond acceptors (Lipinski definition) is 8. The minimum absolute atomic E-state index is 0.0215. The number of β-lactam (4-membered cyclic amide) rings is 1. The van der Waals surface area contributed by atoms with Crippen LogP contribution in [0.3, 0.4) is 0 Å². The predicted octanol–water partition coefficient (Wildman–Crippen LogP) is 3.02. The molecule has 0 saturated carbocycles. The van der Waals surface area contributed by atoms with E-state index in [4.69, 9.17) is 27.9 Å². The summed E-state index contributed by atoms with van der Waals surface area (Å²) in [5.41, 5.74) is 0.664. The van der Waals surface area contributed by atoms with Gasteiger partial charge in [0.1, 0.15) is 22.9 Å². The summed E-state index contributed by atoms with van der Waals surface area (Å²) in [6, 6.07) is 5.98. The lowest BCUT2D eigenvalue weighted by Crippen LogP contribution is -2.67. The van der Waals surface area contributed by atoms with E-state index in [0.29, 0.717) is 22.1 Å². The minimum atomic E-state index is -1.13. The van der Waals surface area contributed by atoms with Crippen LogP contribution >= 0.6 is 35.0 Å². The molecule has 1 aromatic heterocycles. The Balaban J connectivity index is 1.54. The first kappa shape index (κ1) is 19.7. The number of halogens is 2. The highest BCUT2D eigenvalue weighted by Gasteiger charge is 2.53. The number of aromatic nitrogens is 3. The van der Waals surface area contributed by atoms with Gasteiger partial charge in [0, 0.05) is 5.75 Å². The van der Waals surface area contributed by atoms with Crippen molar-refractivity contribution >= 4 is 52.8 Å².